The number of benzene rings is 13. The molecule has 92 heavy (non-hydrogen) atoms. The average Bonchev–Trinajstić information content (AvgIpc) is 1.41. The lowest BCUT2D eigenvalue weighted by Gasteiger charge is -2.46. The van der Waals surface area contributed by atoms with Crippen LogP contribution in [0, 0.1) is 0 Å². The standard InChI is InChI=1S/C85H61BN6/c1-85(2,3)64-53-78-80-79(54-64)92(81-66(58-31-14-6-15-32-58)41-26-42-69(81)84-88-82(60-35-18-8-19-36-60)87-83(89-84)61-37-20-9-21-38-61)77-55-65(90-73-43-24-22-39-67(73)68-40-23-25-44-74(68)90)47-49-72(77)86(80)71-48-45-63(57-29-12-5-13-30-57)52-76(71)91(78)75-50-46-62(56-27-10-4-11-28-56)51-70(75)59-33-16-7-17-34-59/h4-55H,1-3H3/i5D,8D,9D,12D,13D,18D,19D,20D,21D,22D,23D,24D,25D,29D,30D,35D,36D,37D,38D,39D,40D,43D,44D. The van der Waals surface area contributed by atoms with E-state index >= 15 is 0 Å². The van der Waals surface area contributed by atoms with Gasteiger partial charge in [-0.3, -0.25) is 0 Å². The Morgan fingerprint density at radius 2 is 0.815 bits per heavy atom. The van der Waals surface area contributed by atoms with Crippen molar-refractivity contribution < 1.29 is 31.5 Å². The van der Waals surface area contributed by atoms with Gasteiger partial charge in [-0.15, -0.1) is 0 Å². The van der Waals surface area contributed by atoms with E-state index in [4.69, 9.17) is 30.0 Å². The predicted octanol–water partition coefficient (Wildman–Crippen LogP) is 20.0. The Kier molecular flexibility index (Phi) is 8.54. The molecule has 0 bridgehead atoms. The van der Waals surface area contributed by atoms with Crippen LogP contribution in [0.4, 0.5) is 34.1 Å². The highest BCUT2D eigenvalue weighted by Gasteiger charge is 2.46. The highest BCUT2D eigenvalue weighted by molar-refractivity contribution is 7.00. The van der Waals surface area contributed by atoms with Gasteiger partial charge in [0.15, 0.2) is 17.5 Å². The first-order valence-corrected chi connectivity index (χ1v) is 29.8. The lowest BCUT2D eigenvalue weighted by molar-refractivity contribution is 0.590. The van der Waals surface area contributed by atoms with Crippen molar-refractivity contribution in [3.8, 4) is 84.4 Å². The van der Waals surface area contributed by atoms with Crippen LogP contribution in [0.25, 0.3) is 106 Å². The Bertz CT molecular complexity index is 6530. The summed E-state index contributed by atoms with van der Waals surface area (Å²) in [6.45, 7) is 5.23. The first kappa shape index (κ1) is 35.5. The lowest BCUT2D eigenvalue weighted by Crippen LogP contribution is -2.61. The van der Waals surface area contributed by atoms with Crippen molar-refractivity contribution in [2.45, 2.75) is 26.2 Å². The van der Waals surface area contributed by atoms with Crippen LogP contribution in [-0.4, -0.2) is 26.2 Å². The van der Waals surface area contributed by atoms with Gasteiger partial charge in [-0.2, -0.15) is 0 Å². The Morgan fingerprint density at radius 1 is 0.337 bits per heavy atom. The Labute approximate surface area is 569 Å². The second-order valence-corrected chi connectivity index (χ2v) is 23.4. The molecule has 0 unspecified atom stereocenters. The van der Waals surface area contributed by atoms with Crippen molar-refractivity contribution in [3.05, 3.63) is 320 Å². The molecule has 0 aliphatic carbocycles. The first-order chi connectivity index (χ1) is 54.8. The van der Waals surface area contributed by atoms with E-state index in [0.717, 1.165) is 27.8 Å². The molecule has 4 heterocycles. The fraction of sp³-hybridized carbons (Fsp3) is 0.0471. The van der Waals surface area contributed by atoms with E-state index in [9.17, 15) is 16.4 Å². The third-order valence-corrected chi connectivity index (χ3v) is 17.1. The minimum absolute atomic E-state index is 0.0683. The van der Waals surface area contributed by atoms with Crippen molar-refractivity contribution in [1.82, 2.24) is 19.5 Å². The normalized spacial score (nSPS) is 15.9. The van der Waals surface area contributed by atoms with Gasteiger partial charge in [0.1, 0.15) is 0 Å². The van der Waals surface area contributed by atoms with E-state index in [1.807, 2.05) is 159 Å². The van der Waals surface area contributed by atoms with Crippen LogP contribution in [-0.2, 0) is 5.41 Å². The number of rotatable bonds is 10. The Balaban J connectivity index is 1.08. The third kappa shape index (κ3) is 9.23. The van der Waals surface area contributed by atoms with Crippen molar-refractivity contribution in [2.75, 3.05) is 9.80 Å². The summed E-state index contributed by atoms with van der Waals surface area (Å²) in [6.07, 6.45) is 0. The molecule has 15 aromatic rings. The molecule has 0 N–H and O–H groups in total. The molecule has 0 saturated carbocycles. The quantitative estimate of drug-likeness (QED) is 0.128. The molecule has 13 aromatic carbocycles. The highest BCUT2D eigenvalue weighted by atomic mass is 15.2. The first-order valence-electron chi connectivity index (χ1n) is 41.3. The van der Waals surface area contributed by atoms with Gasteiger partial charge >= 0.3 is 0 Å². The van der Waals surface area contributed by atoms with Crippen LogP contribution in [0.1, 0.15) is 57.9 Å². The number of hydrogen-bond donors (Lipinski definition) is 0. The molecule has 2 aliphatic heterocycles. The maximum atomic E-state index is 9.77. The number of nitrogens with zero attached hydrogens (tertiary/aromatic N) is 6. The van der Waals surface area contributed by atoms with E-state index in [2.05, 4.69) is 17.0 Å². The summed E-state index contributed by atoms with van der Waals surface area (Å²) < 4.78 is 213. The number of anilines is 6. The predicted molar refractivity (Wildman–Crippen MR) is 385 cm³/mol. The SMILES string of the molecule is [2H]c1c([2H])c([2H])c(-c2ccc3c(c2)N(c2ccc(-c4ccccc4)cc2-c2ccccc2)c2cc(C(C)(C)C)cc4c2B3c2ccc(-n3c5c([2H])c([2H])c([2H])c([2H])c5c5c([2H])c([2H])c([2H])c([2H])c53)cc2N4c2c(-c3ccccc3)cccc2-c2nc(-c3c([2H])c([2H])c([2H])c([2H])c3[2H])nc(-c3c([2H])c([2H])c([2H])c([2H])c3[2H])n2)c([2H])c1[2H]. The average molecular weight is 1200 g/mol. The van der Waals surface area contributed by atoms with Crippen LogP contribution in [0.15, 0.2) is 315 Å². The molecule has 0 atom stereocenters. The van der Waals surface area contributed by atoms with Crippen molar-refractivity contribution >= 4 is 79.0 Å². The minimum atomic E-state index is -0.896. The van der Waals surface area contributed by atoms with Gasteiger partial charge < -0.3 is 14.4 Å². The smallest absolute Gasteiger partial charge is 0.252 e. The van der Waals surface area contributed by atoms with Gasteiger partial charge in [0.25, 0.3) is 6.71 Å². The number of aromatic nitrogens is 4. The van der Waals surface area contributed by atoms with E-state index in [1.165, 1.54) is 4.57 Å². The van der Waals surface area contributed by atoms with Crippen LogP contribution in [0.3, 0.4) is 0 Å². The van der Waals surface area contributed by atoms with Gasteiger partial charge in [0.2, 0.25) is 0 Å². The molecule has 0 saturated heterocycles. The van der Waals surface area contributed by atoms with Crippen molar-refractivity contribution in [1.29, 1.82) is 0 Å². The van der Waals surface area contributed by atoms with Crippen molar-refractivity contribution in [3.63, 3.8) is 0 Å². The van der Waals surface area contributed by atoms with E-state index in [-0.39, 0.29) is 55.7 Å². The van der Waals surface area contributed by atoms with Gasteiger partial charge in [-0.1, -0.05) is 275 Å². The fourth-order valence-corrected chi connectivity index (χ4v) is 12.9. The highest BCUT2D eigenvalue weighted by Crippen LogP contribution is 2.53. The summed E-state index contributed by atoms with van der Waals surface area (Å²) in [5.74, 6) is -1.40. The summed E-state index contributed by atoms with van der Waals surface area (Å²) in [6, 6.07) is 40.2. The topological polar surface area (TPSA) is 50.1 Å². The number of hydrogen-bond acceptors (Lipinski definition) is 5. The molecule has 6 nitrogen and oxygen atoms in total. The zero-order chi connectivity index (χ0) is 81.5. The molecule has 0 spiro atoms. The van der Waals surface area contributed by atoms with Crippen LogP contribution in [0.5, 0.6) is 0 Å². The molecule has 2 aliphatic rings. The summed E-state index contributed by atoms with van der Waals surface area (Å²) in [4.78, 5) is 19.0. The molecule has 434 valence electrons. The monoisotopic (exact) mass is 1200 g/mol. The zero-order valence-corrected chi connectivity index (χ0v) is 49.5. The van der Waals surface area contributed by atoms with Crippen molar-refractivity contribution in [2.24, 2.45) is 0 Å². The number of para-hydroxylation sites is 3. The van der Waals surface area contributed by atoms with Crippen LogP contribution >= 0.6 is 0 Å². The summed E-state index contributed by atoms with van der Waals surface area (Å²) in [5.41, 5.74) is 7.91. The molecular formula is C85H61BN6. The fourth-order valence-electron chi connectivity index (χ4n) is 12.9. The molecule has 0 amide bonds. The van der Waals surface area contributed by atoms with E-state index in [0.29, 0.717) is 56.0 Å². The maximum absolute atomic E-state index is 9.77. The number of fused-ring (bicyclic) bond motifs is 7. The van der Waals surface area contributed by atoms with E-state index in [1.54, 1.807) is 30.3 Å². The van der Waals surface area contributed by atoms with Gasteiger partial charge in [-0.05, 0) is 121 Å². The maximum Gasteiger partial charge on any atom is 0.252 e. The summed E-state index contributed by atoms with van der Waals surface area (Å²) in [5, 5.41) is -0.377. The van der Waals surface area contributed by atoms with Gasteiger partial charge in [0, 0.05) is 67.0 Å². The molecule has 17 rings (SSSR count). The molecule has 0 fully saturated rings. The molecular weight excluding hydrogens is 1120 g/mol. The Morgan fingerprint density at radius 3 is 1.41 bits per heavy atom. The third-order valence-electron chi connectivity index (χ3n) is 17.1. The molecule has 0 radical (unpaired) electrons. The second kappa shape index (κ2) is 22.1. The lowest BCUT2D eigenvalue weighted by atomic mass is 9.33. The minimum Gasteiger partial charge on any atom is -0.311 e. The van der Waals surface area contributed by atoms with E-state index < -0.39 is 174 Å². The van der Waals surface area contributed by atoms with Crippen LogP contribution < -0.4 is 26.2 Å². The van der Waals surface area contributed by atoms with Crippen LogP contribution in [0.2, 0.25) is 0 Å². The second-order valence-electron chi connectivity index (χ2n) is 23.4. The summed E-state index contributed by atoms with van der Waals surface area (Å²) >= 11 is 0. The largest absolute Gasteiger partial charge is 0.311 e. The molecule has 2 aromatic heterocycles. The zero-order valence-electron chi connectivity index (χ0n) is 72.5. The van der Waals surface area contributed by atoms with Gasteiger partial charge in [0.05, 0.1) is 53.9 Å². The summed E-state index contributed by atoms with van der Waals surface area (Å²) in [7, 11) is 0. The molecule has 7 heteroatoms. The Hall–Kier alpha value is -11.7. The van der Waals surface area contributed by atoms with Gasteiger partial charge in [-0.25, -0.2) is 15.0 Å².